The number of benzene rings is 2. The van der Waals surface area contributed by atoms with Gasteiger partial charge in [-0.1, -0.05) is 15.9 Å². The molecule has 0 aliphatic rings. The van der Waals surface area contributed by atoms with Gasteiger partial charge < -0.3 is 9.67 Å². The lowest BCUT2D eigenvalue weighted by Gasteiger charge is -2.00. The zero-order valence-corrected chi connectivity index (χ0v) is 15.4. The summed E-state index contributed by atoms with van der Waals surface area (Å²) >= 11 is 6.88. The van der Waals surface area contributed by atoms with Gasteiger partial charge in [-0.3, -0.25) is 10.1 Å². The van der Waals surface area contributed by atoms with Gasteiger partial charge in [-0.15, -0.1) is 5.11 Å². The molecule has 24 heavy (non-hydrogen) atoms. The smallest absolute Gasteiger partial charge is 0.269 e. The molecule has 0 fully saturated rings. The van der Waals surface area contributed by atoms with E-state index in [9.17, 15) is 15.2 Å². The number of azo groups is 1. The summed E-state index contributed by atoms with van der Waals surface area (Å²) in [5, 5.41) is 29.9. The Kier molecular flexibility index (Phi) is 4.37. The van der Waals surface area contributed by atoms with E-state index in [2.05, 4.69) is 42.1 Å². The van der Waals surface area contributed by atoms with Crippen LogP contribution in [-0.4, -0.2) is 14.6 Å². The summed E-state index contributed by atoms with van der Waals surface area (Å²) in [6.07, 6.45) is 0. The molecule has 1 aromatic heterocycles. The monoisotopic (exact) mass is 452 g/mol. The van der Waals surface area contributed by atoms with E-state index in [1.165, 1.54) is 24.3 Å². The standard InChI is InChI=1S/C15H10Br2N4O3/c1-20-14-11(6-8(16)7-12(14)17)13(15(20)22)19-18-9-2-4-10(5-3-9)21(23)24/h2-7,22H,1H3. The first-order valence-corrected chi connectivity index (χ1v) is 8.29. The molecule has 122 valence electrons. The fraction of sp³-hybridized carbons (Fsp3) is 0.0667. The summed E-state index contributed by atoms with van der Waals surface area (Å²) in [6.45, 7) is 0. The molecular formula is C15H10Br2N4O3. The van der Waals surface area contributed by atoms with Crippen molar-refractivity contribution in [1.82, 2.24) is 4.57 Å². The molecule has 0 radical (unpaired) electrons. The number of fused-ring (bicyclic) bond motifs is 1. The van der Waals surface area contributed by atoms with Gasteiger partial charge in [0.05, 0.1) is 16.1 Å². The van der Waals surface area contributed by atoms with Gasteiger partial charge in [0.1, 0.15) is 0 Å². The number of aromatic hydroxyl groups is 1. The molecule has 7 nitrogen and oxygen atoms in total. The third kappa shape index (κ3) is 2.92. The van der Waals surface area contributed by atoms with Crippen molar-refractivity contribution in [2.24, 2.45) is 17.3 Å². The number of rotatable bonds is 3. The van der Waals surface area contributed by atoms with Crippen molar-refractivity contribution in [3.8, 4) is 5.88 Å². The van der Waals surface area contributed by atoms with E-state index < -0.39 is 4.92 Å². The van der Waals surface area contributed by atoms with E-state index >= 15 is 0 Å². The third-order valence-electron chi connectivity index (χ3n) is 3.47. The molecule has 0 bridgehead atoms. The van der Waals surface area contributed by atoms with Crippen molar-refractivity contribution in [1.29, 1.82) is 0 Å². The van der Waals surface area contributed by atoms with Gasteiger partial charge in [0.2, 0.25) is 5.88 Å². The van der Waals surface area contributed by atoms with Gasteiger partial charge in [0.25, 0.3) is 5.69 Å². The minimum Gasteiger partial charge on any atom is -0.493 e. The fourth-order valence-electron chi connectivity index (χ4n) is 2.32. The van der Waals surface area contributed by atoms with Crippen LogP contribution in [0.15, 0.2) is 55.6 Å². The third-order valence-corrected chi connectivity index (χ3v) is 4.54. The number of nitro groups is 1. The zero-order valence-electron chi connectivity index (χ0n) is 12.3. The van der Waals surface area contributed by atoms with Crippen LogP contribution in [0.25, 0.3) is 10.9 Å². The summed E-state index contributed by atoms with van der Waals surface area (Å²) in [5.74, 6) is -0.0190. The number of halogens is 2. The maximum atomic E-state index is 10.7. The minimum absolute atomic E-state index is 0.0187. The highest BCUT2D eigenvalue weighted by molar-refractivity contribution is 9.11. The summed E-state index contributed by atoms with van der Waals surface area (Å²) in [5.41, 5.74) is 1.54. The molecule has 0 saturated heterocycles. The lowest BCUT2D eigenvalue weighted by atomic mass is 10.2. The summed E-state index contributed by atoms with van der Waals surface area (Å²) in [6, 6.07) is 9.41. The first-order valence-electron chi connectivity index (χ1n) is 6.71. The van der Waals surface area contributed by atoms with Gasteiger partial charge >= 0.3 is 0 Å². The van der Waals surface area contributed by atoms with E-state index in [0.717, 1.165) is 19.8 Å². The first kappa shape index (κ1) is 16.6. The van der Waals surface area contributed by atoms with Crippen LogP contribution in [-0.2, 0) is 7.05 Å². The van der Waals surface area contributed by atoms with Crippen molar-refractivity contribution in [2.75, 3.05) is 0 Å². The van der Waals surface area contributed by atoms with Crippen molar-refractivity contribution >= 4 is 59.8 Å². The van der Waals surface area contributed by atoms with Crippen molar-refractivity contribution in [2.45, 2.75) is 0 Å². The van der Waals surface area contributed by atoms with Gasteiger partial charge in [-0.25, -0.2) is 0 Å². The molecule has 9 heteroatoms. The Morgan fingerprint density at radius 3 is 2.46 bits per heavy atom. The van der Waals surface area contributed by atoms with Crippen LogP contribution >= 0.6 is 31.9 Å². The average molecular weight is 454 g/mol. The molecule has 1 heterocycles. The van der Waals surface area contributed by atoms with E-state index in [0.29, 0.717) is 11.4 Å². The predicted octanol–water partition coefficient (Wildman–Crippen LogP) is 5.73. The van der Waals surface area contributed by atoms with E-state index in [1.807, 2.05) is 12.1 Å². The van der Waals surface area contributed by atoms with Crippen LogP contribution in [0.5, 0.6) is 5.88 Å². The maximum Gasteiger partial charge on any atom is 0.269 e. The highest BCUT2D eigenvalue weighted by Gasteiger charge is 2.17. The molecule has 2 aromatic carbocycles. The summed E-state index contributed by atoms with van der Waals surface area (Å²) < 4.78 is 3.25. The van der Waals surface area contributed by atoms with Gasteiger partial charge in [0, 0.05) is 33.5 Å². The van der Waals surface area contributed by atoms with Crippen LogP contribution in [0.3, 0.4) is 0 Å². The second-order valence-corrected chi connectivity index (χ2v) is 6.76. The van der Waals surface area contributed by atoms with E-state index in [-0.39, 0.29) is 11.6 Å². The van der Waals surface area contributed by atoms with Gasteiger partial charge in [0.15, 0.2) is 5.69 Å². The largest absolute Gasteiger partial charge is 0.493 e. The van der Waals surface area contributed by atoms with Crippen molar-refractivity contribution in [3.05, 3.63) is 55.5 Å². The molecule has 0 aliphatic heterocycles. The maximum absolute atomic E-state index is 10.7. The Morgan fingerprint density at radius 2 is 1.83 bits per heavy atom. The minimum atomic E-state index is -0.480. The highest BCUT2D eigenvalue weighted by atomic mass is 79.9. The van der Waals surface area contributed by atoms with Gasteiger partial charge in [-0.05, 0) is 40.2 Å². The van der Waals surface area contributed by atoms with Crippen molar-refractivity contribution < 1.29 is 10.0 Å². The van der Waals surface area contributed by atoms with Crippen LogP contribution in [0, 0.1) is 10.1 Å². The number of non-ortho nitro benzene ring substituents is 1. The average Bonchev–Trinajstić information content (AvgIpc) is 2.77. The summed E-state index contributed by atoms with van der Waals surface area (Å²) in [4.78, 5) is 10.2. The second-order valence-electron chi connectivity index (χ2n) is 4.99. The quantitative estimate of drug-likeness (QED) is 0.311. The number of hydrogen-bond acceptors (Lipinski definition) is 5. The molecule has 3 aromatic rings. The number of hydrogen-bond donors (Lipinski definition) is 1. The molecule has 1 N–H and O–H groups in total. The Bertz CT molecular complexity index is 981. The van der Waals surface area contributed by atoms with Crippen molar-refractivity contribution in [3.63, 3.8) is 0 Å². The Morgan fingerprint density at radius 1 is 1.17 bits per heavy atom. The van der Waals surface area contributed by atoms with E-state index in [4.69, 9.17) is 0 Å². The lowest BCUT2D eigenvalue weighted by Crippen LogP contribution is -1.86. The predicted molar refractivity (Wildman–Crippen MR) is 97.3 cm³/mol. The van der Waals surface area contributed by atoms with Crippen LogP contribution < -0.4 is 0 Å². The molecule has 0 saturated carbocycles. The fourth-order valence-corrected chi connectivity index (χ4v) is 3.81. The Hall–Kier alpha value is -2.26. The van der Waals surface area contributed by atoms with Gasteiger partial charge in [-0.2, -0.15) is 5.11 Å². The topological polar surface area (TPSA) is 93.0 Å². The highest BCUT2D eigenvalue weighted by Crippen LogP contribution is 2.42. The number of aryl methyl sites for hydroxylation is 1. The zero-order chi connectivity index (χ0) is 17.4. The Balaban J connectivity index is 2.06. The first-order chi connectivity index (χ1) is 11.4. The molecule has 3 rings (SSSR count). The number of nitro benzene ring substituents is 1. The lowest BCUT2D eigenvalue weighted by molar-refractivity contribution is -0.384. The van der Waals surface area contributed by atoms with Crippen LogP contribution in [0.1, 0.15) is 0 Å². The normalized spacial score (nSPS) is 11.5. The molecule has 0 spiro atoms. The van der Waals surface area contributed by atoms with E-state index in [1.54, 1.807) is 11.6 Å². The SMILES string of the molecule is Cn1c(O)c(N=Nc2ccc([N+](=O)[O-])cc2)c2cc(Br)cc(Br)c21. The molecule has 0 atom stereocenters. The molecule has 0 aliphatic carbocycles. The Labute approximate surface area is 153 Å². The second kappa shape index (κ2) is 6.33. The van der Waals surface area contributed by atoms with Crippen LogP contribution in [0.2, 0.25) is 0 Å². The number of nitrogens with zero attached hydrogens (tertiary/aromatic N) is 4. The number of aromatic nitrogens is 1. The van der Waals surface area contributed by atoms with Crippen LogP contribution in [0.4, 0.5) is 17.1 Å². The molecule has 0 amide bonds. The molecular weight excluding hydrogens is 444 g/mol. The summed E-state index contributed by atoms with van der Waals surface area (Å²) in [7, 11) is 1.72. The molecule has 0 unspecified atom stereocenters.